The van der Waals surface area contributed by atoms with E-state index in [0.717, 1.165) is 10.9 Å². The molecule has 92 valence electrons. The molecule has 0 fully saturated rings. The van der Waals surface area contributed by atoms with Crippen LogP contribution >= 0.6 is 15.9 Å². The summed E-state index contributed by atoms with van der Waals surface area (Å²) in [5.41, 5.74) is 5.63. The van der Waals surface area contributed by atoms with E-state index in [1.54, 1.807) is 6.07 Å². The van der Waals surface area contributed by atoms with Gasteiger partial charge in [0.1, 0.15) is 0 Å². The first-order valence-electron chi connectivity index (χ1n) is 5.42. The number of nitrogens with two attached hydrogens (primary N) is 1. The summed E-state index contributed by atoms with van der Waals surface area (Å²) in [6, 6.07) is 7.24. The Bertz CT molecular complexity index is 407. The van der Waals surface area contributed by atoms with Crippen LogP contribution in [0.25, 0.3) is 0 Å². The molecule has 1 rings (SSSR count). The number of hydrogen-bond acceptors (Lipinski definition) is 2. The van der Waals surface area contributed by atoms with Crippen LogP contribution in [0.15, 0.2) is 28.7 Å². The van der Waals surface area contributed by atoms with Gasteiger partial charge in [0.15, 0.2) is 0 Å². The molecule has 0 saturated carbocycles. The number of rotatable bonds is 6. The molecule has 0 saturated heterocycles. The standard InChI is InChI=1S/C12H15BrN2O2/c13-10-6-2-1-5-9(10)12(17)15-8-4-3-7-11(14)16/h1-2,5-6H,3-4,7-8H2,(H2,14,16)(H,15,17). The molecule has 0 aliphatic rings. The van der Waals surface area contributed by atoms with E-state index in [-0.39, 0.29) is 11.8 Å². The number of carbonyl (C=O) groups excluding carboxylic acids is 2. The first-order valence-corrected chi connectivity index (χ1v) is 6.21. The third-order valence-electron chi connectivity index (χ3n) is 2.25. The van der Waals surface area contributed by atoms with Gasteiger partial charge in [-0.05, 0) is 40.9 Å². The minimum atomic E-state index is -0.304. The molecular weight excluding hydrogens is 284 g/mol. The maximum Gasteiger partial charge on any atom is 0.252 e. The highest BCUT2D eigenvalue weighted by Crippen LogP contribution is 2.15. The van der Waals surface area contributed by atoms with E-state index in [0.29, 0.717) is 24.9 Å². The van der Waals surface area contributed by atoms with Gasteiger partial charge in [-0.2, -0.15) is 0 Å². The van der Waals surface area contributed by atoms with E-state index in [9.17, 15) is 9.59 Å². The lowest BCUT2D eigenvalue weighted by Crippen LogP contribution is -2.25. The number of benzene rings is 1. The number of unbranched alkanes of at least 4 members (excludes halogenated alkanes) is 1. The molecule has 0 radical (unpaired) electrons. The van der Waals surface area contributed by atoms with E-state index in [2.05, 4.69) is 21.2 Å². The molecule has 0 bridgehead atoms. The lowest BCUT2D eigenvalue weighted by molar-refractivity contribution is -0.118. The maximum absolute atomic E-state index is 11.7. The van der Waals surface area contributed by atoms with Crippen LogP contribution in [0.1, 0.15) is 29.6 Å². The lowest BCUT2D eigenvalue weighted by Gasteiger charge is -2.06. The van der Waals surface area contributed by atoms with Gasteiger partial charge >= 0.3 is 0 Å². The summed E-state index contributed by atoms with van der Waals surface area (Å²) in [5, 5.41) is 2.79. The Labute approximate surface area is 109 Å². The topological polar surface area (TPSA) is 72.2 Å². The van der Waals surface area contributed by atoms with Crippen LogP contribution in [0.2, 0.25) is 0 Å². The monoisotopic (exact) mass is 298 g/mol. The molecular formula is C12H15BrN2O2. The SMILES string of the molecule is NC(=O)CCCCNC(=O)c1ccccc1Br. The van der Waals surface area contributed by atoms with Gasteiger partial charge in [0, 0.05) is 17.4 Å². The summed E-state index contributed by atoms with van der Waals surface area (Å²) < 4.78 is 0.773. The molecule has 5 heteroatoms. The van der Waals surface area contributed by atoms with Gasteiger partial charge in [-0.15, -0.1) is 0 Å². The summed E-state index contributed by atoms with van der Waals surface area (Å²) in [7, 11) is 0. The van der Waals surface area contributed by atoms with Gasteiger partial charge in [0.25, 0.3) is 5.91 Å². The zero-order valence-corrected chi connectivity index (χ0v) is 11.0. The molecule has 0 aliphatic heterocycles. The van der Waals surface area contributed by atoms with Crippen LogP contribution in [0, 0.1) is 0 Å². The van der Waals surface area contributed by atoms with Crippen molar-refractivity contribution in [2.24, 2.45) is 5.73 Å². The fourth-order valence-electron chi connectivity index (χ4n) is 1.37. The first-order chi connectivity index (χ1) is 8.11. The van der Waals surface area contributed by atoms with Crippen molar-refractivity contribution in [2.45, 2.75) is 19.3 Å². The number of carbonyl (C=O) groups is 2. The van der Waals surface area contributed by atoms with Crippen LogP contribution in [0.4, 0.5) is 0 Å². The molecule has 4 nitrogen and oxygen atoms in total. The molecule has 2 amide bonds. The smallest absolute Gasteiger partial charge is 0.252 e. The van der Waals surface area contributed by atoms with Gasteiger partial charge in [0.2, 0.25) is 5.91 Å². The highest BCUT2D eigenvalue weighted by atomic mass is 79.9. The van der Waals surface area contributed by atoms with Gasteiger partial charge in [-0.1, -0.05) is 12.1 Å². The molecule has 0 aliphatic carbocycles. The average molecular weight is 299 g/mol. The fourth-order valence-corrected chi connectivity index (χ4v) is 1.83. The third kappa shape index (κ3) is 4.99. The number of amides is 2. The number of nitrogens with one attached hydrogen (secondary N) is 1. The Balaban J connectivity index is 2.31. The van der Waals surface area contributed by atoms with Crippen LogP contribution in [-0.2, 0) is 4.79 Å². The van der Waals surface area contributed by atoms with Crippen LogP contribution in [0.5, 0.6) is 0 Å². The van der Waals surface area contributed by atoms with Crippen LogP contribution in [-0.4, -0.2) is 18.4 Å². The van der Waals surface area contributed by atoms with E-state index < -0.39 is 0 Å². The highest BCUT2D eigenvalue weighted by Gasteiger charge is 2.07. The van der Waals surface area contributed by atoms with E-state index >= 15 is 0 Å². The van der Waals surface area contributed by atoms with Gasteiger partial charge in [0.05, 0.1) is 5.56 Å². The van der Waals surface area contributed by atoms with E-state index in [1.807, 2.05) is 18.2 Å². The predicted octanol–water partition coefficient (Wildman–Crippen LogP) is 1.83. The molecule has 1 aromatic carbocycles. The highest BCUT2D eigenvalue weighted by molar-refractivity contribution is 9.10. The van der Waals surface area contributed by atoms with Crippen molar-refractivity contribution in [3.8, 4) is 0 Å². The zero-order valence-electron chi connectivity index (χ0n) is 9.41. The molecule has 0 spiro atoms. The Morgan fingerprint density at radius 2 is 1.94 bits per heavy atom. The summed E-state index contributed by atoms with van der Waals surface area (Å²) in [6.45, 7) is 0.549. The first kappa shape index (κ1) is 13.7. The van der Waals surface area contributed by atoms with Gasteiger partial charge in [-0.25, -0.2) is 0 Å². The zero-order chi connectivity index (χ0) is 12.7. The van der Waals surface area contributed by atoms with E-state index in [1.165, 1.54) is 0 Å². The third-order valence-corrected chi connectivity index (χ3v) is 2.95. The molecule has 0 unspecified atom stereocenters. The minimum absolute atomic E-state index is 0.114. The van der Waals surface area contributed by atoms with Crippen LogP contribution < -0.4 is 11.1 Å². The van der Waals surface area contributed by atoms with Crippen molar-refractivity contribution < 1.29 is 9.59 Å². The maximum atomic E-state index is 11.7. The molecule has 3 N–H and O–H groups in total. The molecule has 0 aromatic heterocycles. The quantitative estimate of drug-likeness (QED) is 0.787. The molecule has 0 atom stereocenters. The van der Waals surface area contributed by atoms with Gasteiger partial charge in [-0.3, -0.25) is 9.59 Å². The predicted molar refractivity (Wildman–Crippen MR) is 69.5 cm³/mol. The molecule has 0 heterocycles. The summed E-state index contributed by atoms with van der Waals surface area (Å²) in [4.78, 5) is 22.2. The Morgan fingerprint density at radius 1 is 1.24 bits per heavy atom. The lowest BCUT2D eigenvalue weighted by atomic mass is 10.2. The minimum Gasteiger partial charge on any atom is -0.370 e. The normalized spacial score (nSPS) is 9.94. The van der Waals surface area contributed by atoms with E-state index in [4.69, 9.17) is 5.73 Å². The fraction of sp³-hybridized carbons (Fsp3) is 0.333. The second kappa shape index (κ2) is 7.06. The van der Waals surface area contributed by atoms with Crippen molar-refractivity contribution in [3.63, 3.8) is 0 Å². The Morgan fingerprint density at radius 3 is 2.59 bits per heavy atom. The second-order valence-electron chi connectivity index (χ2n) is 3.66. The van der Waals surface area contributed by atoms with Crippen LogP contribution in [0.3, 0.4) is 0 Å². The van der Waals surface area contributed by atoms with Crippen molar-refractivity contribution in [1.82, 2.24) is 5.32 Å². The average Bonchev–Trinajstić information content (AvgIpc) is 2.28. The molecule has 1 aromatic rings. The summed E-state index contributed by atoms with van der Waals surface area (Å²) in [5.74, 6) is -0.418. The number of primary amides is 1. The largest absolute Gasteiger partial charge is 0.370 e. The number of hydrogen-bond donors (Lipinski definition) is 2. The summed E-state index contributed by atoms with van der Waals surface area (Å²) >= 11 is 3.32. The van der Waals surface area contributed by atoms with Crippen molar-refractivity contribution in [1.29, 1.82) is 0 Å². The van der Waals surface area contributed by atoms with Crippen molar-refractivity contribution in [2.75, 3.05) is 6.54 Å². The van der Waals surface area contributed by atoms with Crippen molar-refractivity contribution in [3.05, 3.63) is 34.3 Å². The second-order valence-corrected chi connectivity index (χ2v) is 4.51. The van der Waals surface area contributed by atoms with Gasteiger partial charge < -0.3 is 11.1 Å². The Kier molecular flexibility index (Phi) is 5.69. The van der Waals surface area contributed by atoms with Crippen molar-refractivity contribution >= 4 is 27.7 Å². The number of halogens is 1. The summed E-state index contributed by atoms with van der Waals surface area (Å²) in [6.07, 6.45) is 1.82. The Hall–Kier alpha value is -1.36. The molecule has 17 heavy (non-hydrogen) atoms.